The molecule has 0 unspecified atom stereocenters. The molecular formula is C15H26O3. The van der Waals surface area contributed by atoms with Gasteiger partial charge in [0.25, 0.3) is 0 Å². The van der Waals surface area contributed by atoms with Crippen molar-refractivity contribution in [3.05, 3.63) is 12.8 Å². The Bertz CT molecular complexity index is 270. The normalized spacial score (nSPS) is 24.4. The molecule has 0 N–H and O–H groups in total. The van der Waals surface area contributed by atoms with Crippen LogP contribution in [0.25, 0.3) is 0 Å². The Kier molecular flexibility index (Phi) is 5.70. The van der Waals surface area contributed by atoms with Crippen molar-refractivity contribution < 1.29 is 14.3 Å². The highest BCUT2D eigenvalue weighted by atomic mass is 16.6. The monoisotopic (exact) mass is 254 g/mol. The summed E-state index contributed by atoms with van der Waals surface area (Å²) in [5, 5.41) is 0. The second kappa shape index (κ2) is 6.81. The van der Waals surface area contributed by atoms with Crippen LogP contribution in [0.3, 0.4) is 0 Å². The topological polar surface area (TPSA) is 35.5 Å². The predicted octanol–water partition coefficient (Wildman–Crippen LogP) is 3.54. The van der Waals surface area contributed by atoms with E-state index in [1.165, 1.54) is 6.26 Å². The maximum Gasteiger partial charge on any atom is 0.309 e. The van der Waals surface area contributed by atoms with Crippen molar-refractivity contribution in [2.24, 2.45) is 17.3 Å². The average molecular weight is 254 g/mol. The van der Waals surface area contributed by atoms with Crippen LogP contribution in [0, 0.1) is 17.3 Å². The SMILES string of the molecule is C=COCCOC(=O)C1CCC(C(C)(C)C)CC1. The van der Waals surface area contributed by atoms with Gasteiger partial charge < -0.3 is 9.47 Å². The second-order valence-electron chi connectivity index (χ2n) is 6.12. The Morgan fingerprint density at radius 1 is 1.22 bits per heavy atom. The molecule has 0 heterocycles. The van der Waals surface area contributed by atoms with Gasteiger partial charge in [-0.1, -0.05) is 27.4 Å². The molecule has 3 nitrogen and oxygen atoms in total. The molecule has 0 spiro atoms. The summed E-state index contributed by atoms with van der Waals surface area (Å²) in [6.45, 7) is 11.0. The van der Waals surface area contributed by atoms with Gasteiger partial charge >= 0.3 is 5.97 Å². The Morgan fingerprint density at radius 2 is 1.83 bits per heavy atom. The number of carbonyl (C=O) groups is 1. The third-order valence-electron chi connectivity index (χ3n) is 3.85. The summed E-state index contributed by atoms with van der Waals surface area (Å²) in [6, 6.07) is 0. The van der Waals surface area contributed by atoms with Crippen LogP contribution in [0.4, 0.5) is 0 Å². The number of carbonyl (C=O) groups excluding carboxylic acids is 1. The lowest BCUT2D eigenvalue weighted by Gasteiger charge is -2.36. The van der Waals surface area contributed by atoms with Gasteiger partial charge in [0.05, 0.1) is 12.2 Å². The summed E-state index contributed by atoms with van der Waals surface area (Å²) in [5.74, 6) is 0.757. The van der Waals surface area contributed by atoms with E-state index >= 15 is 0 Å². The summed E-state index contributed by atoms with van der Waals surface area (Å²) in [6.07, 6.45) is 5.55. The smallest absolute Gasteiger partial charge is 0.309 e. The molecule has 0 amide bonds. The summed E-state index contributed by atoms with van der Waals surface area (Å²) in [7, 11) is 0. The van der Waals surface area contributed by atoms with Crippen LogP contribution in [0.2, 0.25) is 0 Å². The van der Waals surface area contributed by atoms with Crippen LogP contribution in [0.5, 0.6) is 0 Å². The Morgan fingerprint density at radius 3 is 2.33 bits per heavy atom. The zero-order valence-electron chi connectivity index (χ0n) is 11.9. The van der Waals surface area contributed by atoms with Gasteiger partial charge in [0.1, 0.15) is 13.2 Å². The zero-order valence-corrected chi connectivity index (χ0v) is 11.9. The maximum atomic E-state index is 11.8. The van der Waals surface area contributed by atoms with E-state index < -0.39 is 0 Å². The highest BCUT2D eigenvalue weighted by molar-refractivity contribution is 5.72. The summed E-state index contributed by atoms with van der Waals surface area (Å²) in [5.41, 5.74) is 0.354. The first-order valence-electron chi connectivity index (χ1n) is 6.84. The molecule has 0 aliphatic heterocycles. The van der Waals surface area contributed by atoms with Crippen molar-refractivity contribution in [3.63, 3.8) is 0 Å². The zero-order chi connectivity index (χ0) is 13.6. The molecule has 1 saturated carbocycles. The number of ether oxygens (including phenoxy) is 2. The molecule has 1 aliphatic carbocycles. The Balaban J connectivity index is 2.25. The molecule has 0 aromatic heterocycles. The van der Waals surface area contributed by atoms with Gasteiger partial charge in [0.15, 0.2) is 0 Å². The molecule has 1 rings (SSSR count). The van der Waals surface area contributed by atoms with Crippen molar-refractivity contribution >= 4 is 5.97 Å². The van der Waals surface area contributed by atoms with Gasteiger partial charge in [-0.2, -0.15) is 0 Å². The average Bonchev–Trinajstić information content (AvgIpc) is 2.33. The molecule has 0 aromatic rings. The van der Waals surface area contributed by atoms with Crippen LogP contribution in [0.1, 0.15) is 46.5 Å². The van der Waals surface area contributed by atoms with Crippen molar-refractivity contribution in [2.45, 2.75) is 46.5 Å². The lowest BCUT2D eigenvalue weighted by Crippen LogP contribution is -2.30. The van der Waals surface area contributed by atoms with E-state index in [4.69, 9.17) is 9.47 Å². The Hall–Kier alpha value is -0.990. The van der Waals surface area contributed by atoms with E-state index in [2.05, 4.69) is 27.4 Å². The van der Waals surface area contributed by atoms with E-state index in [1.807, 2.05) is 0 Å². The molecule has 0 aromatic carbocycles. The van der Waals surface area contributed by atoms with Gasteiger partial charge in [-0.05, 0) is 37.0 Å². The van der Waals surface area contributed by atoms with Gasteiger partial charge in [-0.3, -0.25) is 4.79 Å². The van der Waals surface area contributed by atoms with Crippen LogP contribution in [-0.2, 0) is 14.3 Å². The lowest BCUT2D eigenvalue weighted by molar-refractivity contribution is -0.151. The lowest BCUT2D eigenvalue weighted by atomic mass is 9.70. The van der Waals surface area contributed by atoms with E-state index in [-0.39, 0.29) is 11.9 Å². The van der Waals surface area contributed by atoms with Crippen molar-refractivity contribution in [3.8, 4) is 0 Å². The van der Waals surface area contributed by atoms with Gasteiger partial charge in [-0.25, -0.2) is 0 Å². The maximum absolute atomic E-state index is 11.8. The second-order valence-corrected chi connectivity index (χ2v) is 6.12. The fourth-order valence-corrected chi connectivity index (χ4v) is 2.59. The van der Waals surface area contributed by atoms with Gasteiger partial charge in [0, 0.05) is 0 Å². The van der Waals surface area contributed by atoms with E-state index in [1.54, 1.807) is 0 Å². The molecule has 1 aliphatic rings. The number of esters is 1. The van der Waals surface area contributed by atoms with Crippen LogP contribution in [0.15, 0.2) is 12.8 Å². The first-order chi connectivity index (χ1) is 8.45. The minimum atomic E-state index is -0.0602. The largest absolute Gasteiger partial charge is 0.498 e. The van der Waals surface area contributed by atoms with Crippen molar-refractivity contribution in [1.82, 2.24) is 0 Å². The fraction of sp³-hybridized carbons (Fsp3) is 0.800. The number of hydrogen-bond acceptors (Lipinski definition) is 3. The standard InChI is InChI=1S/C15H26O3/c1-5-17-10-11-18-14(16)12-6-8-13(9-7-12)15(2,3)4/h5,12-13H,1,6-11H2,2-4H3. The van der Waals surface area contributed by atoms with Crippen molar-refractivity contribution in [2.75, 3.05) is 13.2 Å². The van der Waals surface area contributed by atoms with Crippen LogP contribution < -0.4 is 0 Å². The van der Waals surface area contributed by atoms with Crippen LogP contribution >= 0.6 is 0 Å². The summed E-state index contributed by atoms with van der Waals surface area (Å²) < 4.78 is 10.1. The van der Waals surface area contributed by atoms with E-state index in [9.17, 15) is 4.79 Å². The number of rotatable bonds is 5. The molecule has 0 bridgehead atoms. The molecule has 0 saturated heterocycles. The van der Waals surface area contributed by atoms with Gasteiger partial charge in [0.2, 0.25) is 0 Å². The highest BCUT2D eigenvalue weighted by Gasteiger charge is 2.32. The minimum Gasteiger partial charge on any atom is -0.498 e. The van der Waals surface area contributed by atoms with Gasteiger partial charge in [-0.15, -0.1) is 0 Å². The third kappa shape index (κ3) is 4.71. The summed E-state index contributed by atoms with van der Waals surface area (Å²) in [4.78, 5) is 11.8. The molecule has 1 fully saturated rings. The molecule has 0 radical (unpaired) electrons. The number of hydrogen-bond donors (Lipinski definition) is 0. The molecule has 0 atom stereocenters. The molecule has 104 valence electrons. The molecule has 18 heavy (non-hydrogen) atoms. The van der Waals surface area contributed by atoms with E-state index in [0.717, 1.165) is 31.6 Å². The van der Waals surface area contributed by atoms with Crippen molar-refractivity contribution in [1.29, 1.82) is 0 Å². The quantitative estimate of drug-likeness (QED) is 0.427. The Labute approximate surface area is 111 Å². The fourth-order valence-electron chi connectivity index (χ4n) is 2.59. The highest BCUT2D eigenvalue weighted by Crippen LogP contribution is 2.39. The van der Waals surface area contributed by atoms with Crippen LogP contribution in [-0.4, -0.2) is 19.2 Å². The molecule has 3 heteroatoms. The van der Waals surface area contributed by atoms with E-state index in [0.29, 0.717) is 18.6 Å². The third-order valence-corrected chi connectivity index (χ3v) is 3.85. The molecular weight excluding hydrogens is 228 g/mol. The predicted molar refractivity (Wildman–Crippen MR) is 72.0 cm³/mol. The first-order valence-corrected chi connectivity index (χ1v) is 6.84. The minimum absolute atomic E-state index is 0.0602. The summed E-state index contributed by atoms with van der Waals surface area (Å²) >= 11 is 0. The first kappa shape index (κ1) is 15.1.